The Kier molecular flexibility index (Phi) is 6.65. The first-order valence-electron chi connectivity index (χ1n) is 8.02. The highest BCUT2D eigenvalue weighted by Gasteiger charge is 2.43. The van der Waals surface area contributed by atoms with E-state index in [2.05, 4.69) is 5.32 Å². The van der Waals surface area contributed by atoms with Crippen LogP contribution in [-0.4, -0.2) is 48.1 Å². The highest BCUT2D eigenvalue weighted by atomic mass is 16.5. The maximum absolute atomic E-state index is 12.7. The average Bonchev–Trinajstić information content (AvgIpc) is 2.40. The fraction of sp³-hybridized carbons (Fsp3) is 0.875. The normalized spacial score (nSPS) is 24.7. The Bertz CT molecular complexity index is 369. The van der Waals surface area contributed by atoms with E-state index >= 15 is 0 Å². The molecule has 0 spiro atoms. The van der Waals surface area contributed by atoms with E-state index in [9.17, 15) is 9.59 Å². The van der Waals surface area contributed by atoms with E-state index in [1.54, 1.807) is 4.90 Å². The van der Waals surface area contributed by atoms with E-state index in [1.807, 2.05) is 41.5 Å². The van der Waals surface area contributed by atoms with Crippen molar-refractivity contribution in [2.45, 2.75) is 66.2 Å². The van der Waals surface area contributed by atoms with Gasteiger partial charge in [0, 0.05) is 6.54 Å². The Balaban J connectivity index is 2.89. The number of rotatable bonds is 7. The van der Waals surface area contributed by atoms with Crippen LogP contribution < -0.4 is 5.32 Å². The highest BCUT2D eigenvalue weighted by Crippen LogP contribution is 2.22. The van der Waals surface area contributed by atoms with Gasteiger partial charge in [0.25, 0.3) is 0 Å². The van der Waals surface area contributed by atoms with E-state index in [1.165, 1.54) is 0 Å². The van der Waals surface area contributed by atoms with Gasteiger partial charge in [0.15, 0.2) is 0 Å². The lowest BCUT2D eigenvalue weighted by Crippen LogP contribution is -2.66. The van der Waals surface area contributed by atoms with Crippen molar-refractivity contribution in [2.24, 2.45) is 11.8 Å². The summed E-state index contributed by atoms with van der Waals surface area (Å²) in [5, 5.41) is 2.89. The zero-order chi connectivity index (χ0) is 16.2. The second-order valence-electron chi connectivity index (χ2n) is 6.51. The van der Waals surface area contributed by atoms with Crippen LogP contribution in [0.25, 0.3) is 0 Å². The summed E-state index contributed by atoms with van der Waals surface area (Å²) in [6.45, 7) is 12.8. The van der Waals surface area contributed by atoms with Crippen LogP contribution in [0.4, 0.5) is 0 Å². The van der Waals surface area contributed by atoms with Crippen LogP contribution in [0.3, 0.4) is 0 Å². The first-order chi connectivity index (χ1) is 9.79. The third kappa shape index (κ3) is 4.43. The summed E-state index contributed by atoms with van der Waals surface area (Å²) >= 11 is 0. The van der Waals surface area contributed by atoms with Crippen molar-refractivity contribution in [1.29, 1.82) is 0 Å². The molecule has 2 amide bonds. The molecule has 5 nitrogen and oxygen atoms in total. The molecule has 0 bridgehead atoms. The molecule has 1 aliphatic rings. The SMILES string of the molecule is CCC(C)C1C(=O)NC(C(C)C)C(=O)N1CCOC(C)C. The molecular weight excluding hydrogens is 268 g/mol. The molecule has 1 heterocycles. The van der Waals surface area contributed by atoms with E-state index in [4.69, 9.17) is 4.74 Å². The highest BCUT2D eigenvalue weighted by molar-refractivity contribution is 5.97. The van der Waals surface area contributed by atoms with Gasteiger partial charge in [0.1, 0.15) is 12.1 Å². The van der Waals surface area contributed by atoms with Crippen LogP contribution in [-0.2, 0) is 14.3 Å². The zero-order valence-corrected chi connectivity index (χ0v) is 14.2. The topological polar surface area (TPSA) is 58.6 Å². The molecule has 1 fully saturated rings. The van der Waals surface area contributed by atoms with Crippen molar-refractivity contribution < 1.29 is 14.3 Å². The van der Waals surface area contributed by atoms with Gasteiger partial charge < -0.3 is 15.0 Å². The van der Waals surface area contributed by atoms with Gasteiger partial charge in [0.05, 0.1) is 12.7 Å². The fourth-order valence-corrected chi connectivity index (χ4v) is 2.63. The Morgan fingerprint density at radius 1 is 1.19 bits per heavy atom. The van der Waals surface area contributed by atoms with E-state index in [0.717, 1.165) is 6.42 Å². The van der Waals surface area contributed by atoms with Crippen molar-refractivity contribution in [3.63, 3.8) is 0 Å². The Morgan fingerprint density at radius 2 is 1.81 bits per heavy atom. The lowest BCUT2D eigenvalue weighted by molar-refractivity contribution is -0.153. The molecule has 0 aromatic carbocycles. The van der Waals surface area contributed by atoms with Crippen molar-refractivity contribution in [3.05, 3.63) is 0 Å². The standard InChI is InChI=1S/C16H30N2O3/c1-7-12(6)14-15(19)17-13(10(2)3)16(20)18(14)8-9-21-11(4)5/h10-14H,7-9H2,1-6H3,(H,17,19). The number of piperazine rings is 1. The van der Waals surface area contributed by atoms with Gasteiger partial charge in [-0.25, -0.2) is 0 Å². The lowest BCUT2D eigenvalue weighted by Gasteiger charge is -2.42. The third-order valence-corrected chi connectivity index (χ3v) is 4.08. The van der Waals surface area contributed by atoms with Crippen molar-refractivity contribution in [2.75, 3.05) is 13.2 Å². The summed E-state index contributed by atoms with van der Waals surface area (Å²) in [7, 11) is 0. The van der Waals surface area contributed by atoms with Gasteiger partial charge >= 0.3 is 0 Å². The minimum absolute atomic E-state index is 0.0160. The molecule has 1 aliphatic heterocycles. The summed E-state index contributed by atoms with van der Waals surface area (Å²) in [5.41, 5.74) is 0. The lowest BCUT2D eigenvalue weighted by atomic mass is 9.90. The predicted octanol–water partition coefficient (Wildman–Crippen LogP) is 1.81. The summed E-state index contributed by atoms with van der Waals surface area (Å²) in [4.78, 5) is 26.8. The zero-order valence-electron chi connectivity index (χ0n) is 14.2. The van der Waals surface area contributed by atoms with Crippen LogP contribution in [0.15, 0.2) is 0 Å². The smallest absolute Gasteiger partial charge is 0.246 e. The minimum Gasteiger partial charge on any atom is -0.377 e. The number of hydrogen-bond donors (Lipinski definition) is 1. The van der Waals surface area contributed by atoms with Gasteiger partial charge in [0.2, 0.25) is 11.8 Å². The summed E-state index contributed by atoms with van der Waals surface area (Å²) < 4.78 is 5.56. The van der Waals surface area contributed by atoms with Crippen LogP contribution in [0.1, 0.15) is 48.0 Å². The molecule has 0 radical (unpaired) electrons. The molecule has 0 aliphatic carbocycles. The molecule has 1 rings (SSSR count). The van der Waals surface area contributed by atoms with Crippen LogP contribution >= 0.6 is 0 Å². The second-order valence-corrected chi connectivity index (χ2v) is 6.51. The molecule has 122 valence electrons. The number of hydrogen-bond acceptors (Lipinski definition) is 3. The summed E-state index contributed by atoms with van der Waals surface area (Å²) in [6, 6.07) is -0.801. The quantitative estimate of drug-likeness (QED) is 0.780. The Labute approximate surface area is 128 Å². The van der Waals surface area contributed by atoms with Gasteiger partial charge in [-0.15, -0.1) is 0 Å². The largest absolute Gasteiger partial charge is 0.377 e. The number of carbonyl (C=O) groups excluding carboxylic acids is 2. The minimum atomic E-state index is -0.420. The Morgan fingerprint density at radius 3 is 2.29 bits per heavy atom. The number of carbonyl (C=O) groups is 2. The van der Waals surface area contributed by atoms with Crippen LogP contribution in [0.2, 0.25) is 0 Å². The fourth-order valence-electron chi connectivity index (χ4n) is 2.63. The predicted molar refractivity (Wildman–Crippen MR) is 82.8 cm³/mol. The molecular formula is C16H30N2O3. The van der Waals surface area contributed by atoms with Crippen molar-refractivity contribution >= 4 is 11.8 Å². The number of amides is 2. The van der Waals surface area contributed by atoms with E-state index < -0.39 is 6.04 Å². The number of ether oxygens (including phenoxy) is 1. The molecule has 1 saturated heterocycles. The molecule has 0 saturated carbocycles. The maximum Gasteiger partial charge on any atom is 0.246 e. The second kappa shape index (κ2) is 7.78. The maximum atomic E-state index is 12.7. The number of nitrogens with one attached hydrogen (secondary N) is 1. The summed E-state index contributed by atoms with van der Waals surface area (Å²) in [5.74, 6) is 0.211. The molecule has 0 aromatic rings. The van der Waals surface area contributed by atoms with Crippen molar-refractivity contribution in [1.82, 2.24) is 10.2 Å². The van der Waals surface area contributed by atoms with Gasteiger partial charge in [-0.3, -0.25) is 9.59 Å². The van der Waals surface area contributed by atoms with E-state index in [0.29, 0.717) is 13.2 Å². The van der Waals surface area contributed by atoms with Gasteiger partial charge in [-0.2, -0.15) is 0 Å². The molecule has 3 atom stereocenters. The monoisotopic (exact) mass is 298 g/mol. The molecule has 0 aromatic heterocycles. The van der Waals surface area contributed by atoms with Gasteiger partial charge in [-0.1, -0.05) is 34.1 Å². The molecule has 5 heteroatoms. The molecule has 3 unspecified atom stereocenters. The molecule has 1 N–H and O–H groups in total. The third-order valence-electron chi connectivity index (χ3n) is 4.08. The summed E-state index contributed by atoms with van der Waals surface area (Å²) in [6.07, 6.45) is 0.987. The van der Waals surface area contributed by atoms with E-state index in [-0.39, 0.29) is 35.8 Å². The van der Waals surface area contributed by atoms with Crippen LogP contribution in [0, 0.1) is 11.8 Å². The van der Waals surface area contributed by atoms with Crippen molar-refractivity contribution in [3.8, 4) is 0 Å². The van der Waals surface area contributed by atoms with Gasteiger partial charge in [-0.05, 0) is 25.7 Å². The first kappa shape index (κ1) is 18.0. The Hall–Kier alpha value is -1.10. The average molecular weight is 298 g/mol. The van der Waals surface area contributed by atoms with Crippen LogP contribution in [0.5, 0.6) is 0 Å². The molecule has 21 heavy (non-hydrogen) atoms. The first-order valence-corrected chi connectivity index (χ1v) is 8.02. The number of nitrogens with zero attached hydrogens (tertiary/aromatic N) is 1.